The molecule has 0 saturated carbocycles. The predicted molar refractivity (Wildman–Crippen MR) is 63.7 cm³/mol. The Balaban J connectivity index is 2.21. The number of nitrogens with one attached hydrogen (secondary N) is 1. The van der Waals surface area contributed by atoms with Crippen LogP contribution in [-0.2, 0) is 0 Å². The minimum atomic E-state index is 0.820. The second kappa shape index (κ2) is 4.09. The zero-order chi connectivity index (χ0) is 10.8. The Labute approximate surface area is 91.6 Å². The number of hydrogen-bond acceptors (Lipinski definition) is 2. The summed E-state index contributed by atoms with van der Waals surface area (Å²) in [6.45, 7) is 6.87. The van der Waals surface area contributed by atoms with Gasteiger partial charge in [0.05, 0.1) is 0 Å². The van der Waals surface area contributed by atoms with Gasteiger partial charge >= 0.3 is 0 Å². The third-order valence-corrected chi connectivity index (χ3v) is 3.24. The zero-order valence-corrected chi connectivity index (χ0v) is 9.75. The van der Waals surface area contributed by atoms with Gasteiger partial charge in [-0.1, -0.05) is 6.92 Å². The van der Waals surface area contributed by atoms with Gasteiger partial charge in [-0.05, 0) is 25.3 Å². The highest BCUT2D eigenvalue weighted by atomic mass is 15.2. The van der Waals surface area contributed by atoms with Crippen molar-refractivity contribution in [1.29, 1.82) is 0 Å². The topological polar surface area (TPSA) is 27.6 Å². The van der Waals surface area contributed by atoms with E-state index in [1.54, 1.807) is 0 Å². The summed E-state index contributed by atoms with van der Waals surface area (Å²) in [6.07, 6.45) is 5.38. The molecule has 0 aromatic heterocycles. The van der Waals surface area contributed by atoms with Crippen LogP contribution in [0.5, 0.6) is 0 Å². The molecule has 0 spiro atoms. The minimum Gasteiger partial charge on any atom is -0.374 e. The van der Waals surface area contributed by atoms with Gasteiger partial charge in [0.1, 0.15) is 5.84 Å². The van der Waals surface area contributed by atoms with Gasteiger partial charge in [0.15, 0.2) is 0 Å². The molecule has 0 radical (unpaired) electrons. The molecular weight excluding hydrogens is 186 g/mol. The molecule has 0 bridgehead atoms. The van der Waals surface area contributed by atoms with Crippen molar-refractivity contribution in [1.82, 2.24) is 10.2 Å². The Hall–Kier alpha value is -1.25. The van der Waals surface area contributed by atoms with E-state index < -0.39 is 0 Å². The van der Waals surface area contributed by atoms with Crippen LogP contribution in [0.1, 0.15) is 20.3 Å². The summed E-state index contributed by atoms with van der Waals surface area (Å²) in [7, 11) is 1.83. The van der Waals surface area contributed by atoms with Gasteiger partial charge in [0, 0.05) is 37.6 Å². The monoisotopic (exact) mass is 205 g/mol. The van der Waals surface area contributed by atoms with E-state index in [9.17, 15) is 0 Å². The first kappa shape index (κ1) is 10.3. The molecule has 1 fully saturated rings. The third-order valence-electron chi connectivity index (χ3n) is 3.24. The highest BCUT2D eigenvalue weighted by molar-refractivity contribution is 6.04. The van der Waals surface area contributed by atoms with Gasteiger partial charge in [0.25, 0.3) is 0 Å². The molecule has 3 nitrogen and oxygen atoms in total. The van der Waals surface area contributed by atoms with Crippen LogP contribution >= 0.6 is 0 Å². The number of aliphatic imine (C=N–C) groups is 1. The van der Waals surface area contributed by atoms with Crippen LogP contribution in [0.25, 0.3) is 0 Å². The van der Waals surface area contributed by atoms with Gasteiger partial charge in [-0.2, -0.15) is 0 Å². The fourth-order valence-electron chi connectivity index (χ4n) is 2.25. The first-order valence-electron chi connectivity index (χ1n) is 5.58. The Morgan fingerprint density at radius 2 is 2.40 bits per heavy atom. The summed E-state index contributed by atoms with van der Waals surface area (Å²) in [4.78, 5) is 6.70. The molecule has 2 heterocycles. The number of amidine groups is 1. The Morgan fingerprint density at radius 3 is 3.00 bits per heavy atom. The standard InChI is InChI=1S/C12H19N3/c1-9-5-7-15(8-9)10(2)11-4-6-14-12(11)13-3/h4,6,9H,5,7-8H2,1-3H3,(H,13,14)/b11-10+. The summed E-state index contributed by atoms with van der Waals surface area (Å²) in [6, 6.07) is 0. The van der Waals surface area contributed by atoms with Crippen molar-refractivity contribution in [2.75, 3.05) is 20.1 Å². The molecule has 1 unspecified atom stereocenters. The fourth-order valence-corrected chi connectivity index (χ4v) is 2.25. The molecule has 1 atom stereocenters. The van der Waals surface area contributed by atoms with E-state index in [1.807, 2.05) is 13.2 Å². The number of likely N-dealkylation sites (tertiary alicyclic amines) is 1. The maximum Gasteiger partial charge on any atom is 0.133 e. The van der Waals surface area contributed by atoms with Crippen LogP contribution in [0.4, 0.5) is 0 Å². The molecule has 2 aliphatic heterocycles. The molecule has 0 aromatic carbocycles. The van der Waals surface area contributed by atoms with E-state index in [0.717, 1.165) is 11.8 Å². The van der Waals surface area contributed by atoms with Crippen molar-refractivity contribution in [3.8, 4) is 0 Å². The lowest BCUT2D eigenvalue weighted by atomic mass is 10.2. The van der Waals surface area contributed by atoms with Crippen molar-refractivity contribution < 1.29 is 0 Å². The molecule has 2 aliphatic rings. The zero-order valence-electron chi connectivity index (χ0n) is 9.75. The first-order chi connectivity index (χ1) is 7.22. The van der Waals surface area contributed by atoms with Crippen LogP contribution in [0, 0.1) is 5.92 Å². The maximum atomic E-state index is 4.24. The van der Waals surface area contributed by atoms with E-state index in [4.69, 9.17) is 0 Å². The van der Waals surface area contributed by atoms with E-state index in [2.05, 4.69) is 35.1 Å². The van der Waals surface area contributed by atoms with Gasteiger partial charge in [0.2, 0.25) is 0 Å². The second-order valence-corrected chi connectivity index (χ2v) is 4.39. The molecular formula is C12H19N3. The highest BCUT2D eigenvalue weighted by Crippen LogP contribution is 2.23. The lowest BCUT2D eigenvalue weighted by Gasteiger charge is -2.20. The first-order valence-corrected chi connectivity index (χ1v) is 5.58. The number of rotatable bonds is 1. The molecule has 3 heteroatoms. The predicted octanol–water partition coefficient (Wildman–Crippen LogP) is 1.75. The molecule has 0 aromatic rings. The lowest BCUT2D eigenvalue weighted by Crippen LogP contribution is -2.22. The van der Waals surface area contributed by atoms with Gasteiger partial charge < -0.3 is 10.2 Å². The van der Waals surface area contributed by atoms with Crippen LogP contribution in [0.2, 0.25) is 0 Å². The fraction of sp³-hybridized carbons (Fsp3) is 0.583. The summed E-state index contributed by atoms with van der Waals surface area (Å²) >= 11 is 0. The van der Waals surface area contributed by atoms with Crippen LogP contribution in [0.15, 0.2) is 28.5 Å². The SMILES string of the molecule is CN=C1NC=C/C1=C(/C)N1CCC(C)C1. The van der Waals surface area contributed by atoms with E-state index in [1.165, 1.54) is 30.8 Å². The van der Waals surface area contributed by atoms with E-state index >= 15 is 0 Å². The second-order valence-electron chi connectivity index (χ2n) is 4.39. The summed E-state index contributed by atoms with van der Waals surface area (Å²) in [5, 5.41) is 3.16. The van der Waals surface area contributed by atoms with E-state index in [0.29, 0.717) is 0 Å². The van der Waals surface area contributed by atoms with Gasteiger partial charge in [-0.3, -0.25) is 4.99 Å². The smallest absolute Gasteiger partial charge is 0.133 e. The molecule has 1 saturated heterocycles. The van der Waals surface area contributed by atoms with Crippen molar-refractivity contribution >= 4 is 5.84 Å². The quantitative estimate of drug-likeness (QED) is 0.706. The summed E-state index contributed by atoms with van der Waals surface area (Å²) < 4.78 is 0. The van der Waals surface area contributed by atoms with E-state index in [-0.39, 0.29) is 0 Å². The Kier molecular flexibility index (Phi) is 2.80. The normalized spacial score (nSPS) is 31.3. The molecule has 82 valence electrons. The molecule has 0 amide bonds. The summed E-state index contributed by atoms with van der Waals surface area (Å²) in [5.41, 5.74) is 2.59. The Morgan fingerprint density at radius 1 is 1.60 bits per heavy atom. The van der Waals surface area contributed by atoms with Crippen molar-refractivity contribution in [3.05, 3.63) is 23.5 Å². The summed E-state index contributed by atoms with van der Waals surface area (Å²) in [5.74, 6) is 1.81. The minimum absolute atomic E-state index is 0.820. The average molecular weight is 205 g/mol. The van der Waals surface area contributed by atoms with Gasteiger partial charge in [-0.15, -0.1) is 0 Å². The van der Waals surface area contributed by atoms with Crippen LogP contribution in [0.3, 0.4) is 0 Å². The molecule has 2 rings (SSSR count). The van der Waals surface area contributed by atoms with Crippen molar-refractivity contribution in [2.24, 2.45) is 10.9 Å². The lowest BCUT2D eigenvalue weighted by molar-refractivity contribution is 0.410. The number of allylic oxidation sites excluding steroid dienone is 1. The van der Waals surface area contributed by atoms with Crippen LogP contribution < -0.4 is 5.32 Å². The number of hydrogen-bond donors (Lipinski definition) is 1. The third kappa shape index (κ3) is 1.91. The molecule has 1 N–H and O–H groups in total. The number of nitrogens with zero attached hydrogens (tertiary/aromatic N) is 2. The highest BCUT2D eigenvalue weighted by Gasteiger charge is 2.22. The largest absolute Gasteiger partial charge is 0.374 e. The van der Waals surface area contributed by atoms with Crippen molar-refractivity contribution in [3.63, 3.8) is 0 Å². The Bertz CT molecular complexity index is 339. The van der Waals surface area contributed by atoms with Crippen LogP contribution in [-0.4, -0.2) is 30.9 Å². The molecule has 0 aliphatic carbocycles. The molecule has 15 heavy (non-hydrogen) atoms. The van der Waals surface area contributed by atoms with Crippen molar-refractivity contribution in [2.45, 2.75) is 20.3 Å². The average Bonchev–Trinajstić information content (AvgIpc) is 2.84. The maximum absolute atomic E-state index is 4.24. The van der Waals surface area contributed by atoms with Gasteiger partial charge in [-0.25, -0.2) is 0 Å².